The normalized spacial score (nSPS) is 11.8. The molecule has 0 bridgehead atoms. The summed E-state index contributed by atoms with van der Waals surface area (Å²) in [6.07, 6.45) is 1.32. The third-order valence-electron chi connectivity index (χ3n) is 3.05. The second kappa shape index (κ2) is 6.91. The molecule has 0 saturated heterocycles. The lowest BCUT2D eigenvalue weighted by molar-refractivity contribution is 0.597. The highest BCUT2D eigenvalue weighted by atomic mass is 32.2. The number of benzene rings is 1. The molecule has 1 aromatic rings. The number of hydrogen-bond donors (Lipinski definition) is 2. The first kappa shape index (κ1) is 16.0. The summed E-state index contributed by atoms with van der Waals surface area (Å²) in [6, 6.07) is 5.84. The molecule has 4 nitrogen and oxygen atoms in total. The summed E-state index contributed by atoms with van der Waals surface area (Å²) in [5, 5.41) is 0. The largest absolute Gasteiger partial charge is 0.330 e. The van der Waals surface area contributed by atoms with Gasteiger partial charge in [0.05, 0.1) is 11.4 Å². The van der Waals surface area contributed by atoms with E-state index in [9.17, 15) is 8.42 Å². The Labute approximate surface area is 116 Å². The number of rotatable bonds is 7. The molecule has 0 amide bonds. The Morgan fingerprint density at radius 2 is 1.95 bits per heavy atom. The van der Waals surface area contributed by atoms with Gasteiger partial charge in [-0.2, -0.15) is 0 Å². The minimum absolute atomic E-state index is 0.121. The van der Waals surface area contributed by atoms with Crippen molar-refractivity contribution in [3.8, 4) is 0 Å². The first-order valence-electron chi connectivity index (χ1n) is 6.67. The lowest BCUT2D eigenvalue weighted by atomic mass is 9.99. The van der Waals surface area contributed by atoms with E-state index in [-0.39, 0.29) is 11.7 Å². The number of para-hydroxylation sites is 1. The van der Waals surface area contributed by atoms with Gasteiger partial charge in [0.15, 0.2) is 0 Å². The van der Waals surface area contributed by atoms with Gasteiger partial charge in [0.25, 0.3) is 0 Å². The summed E-state index contributed by atoms with van der Waals surface area (Å²) < 4.78 is 26.8. The average molecular weight is 284 g/mol. The molecule has 0 radical (unpaired) electrons. The van der Waals surface area contributed by atoms with Crippen LogP contribution in [0, 0.1) is 6.92 Å². The molecule has 108 valence electrons. The zero-order chi connectivity index (χ0) is 14.5. The molecule has 0 saturated carbocycles. The molecule has 19 heavy (non-hydrogen) atoms. The fraction of sp³-hybridized carbons (Fsp3) is 0.571. The van der Waals surface area contributed by atoms with Gasteiger partial charge in [0, 0.05) is 0 Å². The number of nitrogens with two attached hydrogens (primary N) is 1. The minimum atomic E-state index is -3.29. The van der Waals surface area contributed by atoms with Gasteiger partial charge in [-0.3, -0.25) is 4.72 Å². The van der Waals surface area contributed by atoms with Crippen LogP contribution in [0.25, 0.3) is 0 Å². The maximum atomic E-state index is 12.0. The van der Waals surface area contributed by atoms with Crippen LogP contribution in [0.15, 0.2) is 18.2 Å². The third-order valence-corrected chi connectivity index (χ3v) is 4.39. The molecule has 0 unspecified atom stereocenters. The van der Waals surface area contributed by atoms with Gasteiger partial charge >= 0.3 is 0 Å². The first-order valence-corrected chi connectivity index (χ1v) is 8.32. The Bertz CT molecular complexity index is 510. The second-order valence-electron chi connectivity index (χ2n) is 5.11. The maximum Gasteiger partial charge on any atom is 0.232 e. The predicted molar refractivity (Wildman–Crippen MR) is 81.0 cm³/mol. The van der Waals surface area contributed by atoms with Crippen LogP contribution in [0.5, 0.6) is 0 Å². The summed E-state index contributed by atoms with van der Waals surface area (Å²) in [4.78, 5) is 0. The van der Waals surface area contributed by atoms with E-state index in [1.54, 1.807) is 0 Å². The van der Waals surface area contributed by atoms with E-state index < -0.39 is 10.0 Å². The topological polar surface area (TPSA) is 72.2 Å². The SMILES string of the molecule is Cc1cccc(C(C)C)c1NS(=O)(=O)CCCCN. The molecule has 0 aliphatic heterocycles. The van der Waals surface area contributed by atoms with Crippen molar-refractivity contribution in [2.75, 3.05) is 17.0 Å². The van der Waals surface area contributed by atoms with Crippen molar-refractivity contribution >= 4 is 15.7 Å². The Hall–Kier alpha value is -1.07. The molecule has 5 heteroatoms. The number of anilines is 1. The Morgan fingerprint density at radius 1 is 1.26 bits per heavy atom. The van der Waals surface area contributed by atoms with Gasteiger partial charge in [-0.1, -0.05) is 32.0 Å². The fourth-order valence-electron chi connectivity index (χ4n) is 1.95. The van der Waals surface area contributed by atoms with E-state index in [2.05, 4.69) is 18.6 Å². The van der Waals surface area contributed by atoms with Crippen LogP contribution in [-0.2, 0) is 10.0 Å². The highest BCUT2D eigenvalue weighted by Crippen LogP contribution is 2.28. The predicted octanol–water partition coefficient (Wildman–Crippen LogP) is 2.60. The van der Waals surface area contributed by atoms with Crippen molar-refractivity contribution < 1.29 is 8.42 Å². The van der Waals surface area contributed by atoms with E-state index in [4.69, 9.17) is 5.73 Å². The quantitative estimate of drug-likeness (QED) is 0.756. The molecule has 1 aromatic carbocycles. The Morgan fingerprint density at radius 3 is 2.53 bits per heavy atom. The van der Waals surface area contributed by atoms with E-state index in [0.29, 0.717) is 13.0 Å². The van der Waals surface area contributed by atoms with E-state index in [1.807, 2.05) is 25.1 Å². The molecule has 0 aromatic heterocycles. The molecule has 1 rings (SSSR count). The summed E-state index contributed by atoms with van der Waals surface area (Å²) >= 11 is 0. The lowest BCUT2D eigenvalue weighted by Crippen LogP contribution is -2.19. The van der Waals surface area contributed by atoms with Gasteiger partial charge in [-0.25, -0.2) is 8.42 Å². The molecule has 0 fully saturated rings. The molecule has 3 N–H and O–H groups in total. The zero-order valence-electron chi connectivity index (χ0n) is 11.9. The lowest BCUT2D eigenvalue weighted by Gasteiger charge is -2.17. The van der Waals surface area contributed by atoms with E-state index in [0.717, 1.165) is 23.2 Å². The highest BCUT2D eigenvalue weighted by molar-refractivity contribution is 7.92. The summed E-state index contributed by atoms with van der Waals surface area (Å²) in [7, 11) is -3.29. The van der Waals surface area contributed by atoms with Crippen molar-refractivity contribution in [1.82, 2.24) is 0 Å². The average Bonchev–Trinajstić information content (AvgIpc) is 2.31. The van der Waals surface area contributed by atoms with Crippen molar-refractivity contribution in [3.05, 3.63) is 29.3 Å². The number of unbranched alkanes of at least 4 members (excludes halogenated alkanes) is 1. The van der Waals surface area contributed by atoms with Crippen molar-refractivity contribution in [3.63, 3.8) is 0 Å². The van der Waals surface area contributed by atoms with Crippen LogP contribution < -0.4 is 10.5 Å². The van der Waals surface area contributed by atoms with Crippen molar-refractivity contribution in [2.24, 2.45) is 5.73 Å². The van der Waals surface area contributed by atoms with Crippen LogP contribution in [0.4, 0.5) is 5.69 Å². The highest BCUT2D eigenvalue weighted by Gasteiger charge is 2.15. The van der Waals surface area contributed by atoms with Crippen LogP contribution in [0.1, 0.15) is 43.7 Å². The van der Waals surface area contributed by atoms with Crippen molar-refractivity contribution in [1.29, 1.82) is 0 Å². The van der Waals surface area contributed by atoms with Crippen LogP contribution in [-0.4, -0.2) is 20.7 Å². The van der Waals surface area contributed by atoms with Crippen LogP contribution in [0.3, 0.4) is 0 Å². The van der Waals surface area contributed by atoms with Crippen LogP contribution >= 0.6 is 0 Å². The van der Waals surface area contributed by atoms with E-state index in [1.165, 1.54) is 0 Å². The van der Waals surface area contributed by atoms with Gasteiger partial charge in [0.1, 0.15) is 0 Å². The summed E-state index contributed by atoms with van der Waals surface area (Å²) in [5.41, 5.74) is 8.09. The molecule has 0 atom stereocenters. The van der Waals surface area contributed by atoms with Gasteiger partial charge in [0.2, 0.25) is 10.0 Å². The molecule has 0 heterocycles. The third kappa shape index (κ3) is 4.84. The Kier molecular flexibility index (Phi) is 5.82. The number of aryl methyl sites for hydroxylation is 1. The molecule has 0 spiro atoms. The van der Waals surface area contributed by atoms with Crippen LogP contribution in [0.2, 0.25) is 0 Å². The summed E-state index contributed by atoms with van der Waals surface area (Å²) in [6.45, 7) is 6.56. The van der Waals surface area contributed by atoms with Gasteiger partial charge < -0.3 is 5.73 Å². The minimum Gasteiger partial charge on any atom is -0.330 e. The summed E-state index contributed by atoms with van der Waals surface area (Å²) in [5.74, 6) is 0.400. The molecule has 0 aliphatic carbocycles. The van der Waals surface area contributed by atoms with Crippen molar-refractivity contribution in [2.45, 2.75) is 39.5 Å². The smallest absolute Gasteiger partial charge is 0.232 e. The van der Waals surface area contributed by atoms with Gasteiger partial charge in [-0.15, -0.1) is 0 Å². The number of nitrogens with one attached hydrogen (secondary N) is 1. The fourth-order valence-corrected chi connectivity index (χ4v) is 3.23. The van der Waals surface area contributed by atoms with Gasteiger partial charge in [-0.05, 0) is 43.4 Å². The monoisotopic (exact) mass is 284 g/mol. The maximum absolute atomic E-state index is 12.0. The zero-order valence-corrected chi connectivity index (χ0v) is 12.8. The standard InChI is InChI=1S/C14H24N2O2S/c1-11(2)13-8-6-7-12(3)14(13)16-19(17,18)10-5-4-9-15/h6-8,11,16H,4-5,9-10,15H2,1-3H3. The molecular formula is C14H24N2O2S. The first-order chi connectivity index (χ1) is 8.87. The Balaban J connectivity index is 2.92. The number of sulfonamides is 1. The number of hydrogen-bond acceptors (Lipinski definition) is 3. The molecule has 0 aliphatic rings. The van der Waals surface area contributed by atoms with E-state index >= 15 is 0 Å². The second-order valence-corrected chi connectivity index (χ2v) is 6.95. The molecular weight excluding hydrogens is 260 g/mol.